The summed E-state index contributed by atoms with van der Waals surface area (Å²) in [6, 6.07) is 6.73. The van der Waals surface area contributed by atoms with Crippen molar-refractivity contribution in [1.82, 2.24) is 4.90 Å². The van der Waals surface area contributed by atoms with Crippen molar-refractivity contribution >= 4 is 5.78 Å². The third kappa shape index (κ3) is 2.77. The molecule has 2 aliphatic rings. The zero-order chi connectivity index (χ0) is 15.0. The molecule has 0 N–H and O–H groups in total. The first-order valence-corrected chi connectivity index (χ1v) is 7.66. The second kappa shape index (κ2) is 5.68. The molecule has 3 rings (SSSR count). The zero-order valence-electron chi connectivity index (χ0n) is 13.0. The van der Waals surface area contributed by atoms with Crippen molar-refractivity contribution in [3.8, 4) is 11.5 Å². The van der Waals surface area contributed by atoms with Crippen LogP contribution in [0.5, 0.6) is 11.5 Å². The highest BCUT2D eigenvalue weighted by Crippen LogP contribution is 2.38. The molecular weight excluding hydrogens is 266 g/mol. The van der Waals surface area contributed by atoms with Crippen LogP contribution in [0.15, 0.2) is 18.2 Å². The highest BCUT2D eigenvalue weighted by atomic mass is 16.5. The Morgan fingerprint density at radius 1 is 1.19 bits per heavy atom. The average Bonchev–Trinajstić information content (AvgIpc) is 2.70. The summed E-state index contributed by atoms with van der Waals surface area (Å²) in [6.45, 7) is 1.56. The van der Waals surface area contributed by atoms with Crippen molar-refractivity contribution in [3.63, 3.8) is 0 Å². The van der Waals surface area contributed by atoms with Crippen molar-refractivity contribution in [3.05, 3.63) is 23.8 Å². The molecule has 21 heavy (non-hydrogen) atoms. The second-order valence-corrected chi connectivity index (χ2v) is 6.18. The van der Waals surface area contributed by atoms with Crippen LogP contribution in [0.4, 0.5) is 0 Å². The van der Waals surface area contributed by atoms with Crippen LogP contribution >= 0.6 is 0 Å². The monoisotopic (exact) mass is 289 g/mol. The molecule has 2 fully saturated rings. The maximum atomic E-state index is 11.4. The minimum Gasteiger partial charge on any atom is -0.493 e. The van der Waals surface area contributed by atoms with Gasteiger partial charge >= 0.3 is 0 Å². The largest absolute Gasteiger partial charge is 0.493 e. The molecule has 1 aromatic rings. The summed E-state index contributed by atoms with van der Waals surface area (Å²) in [4.78, 5) is 13.9. The number of carbonyl (C=O) groups excluding carboxylic acids is 1. The number of hydrogen-bond donors (Lipinski definition) is 0. The normalized spacial score (nSPS) is 28.4. The molecule has 4 nitrogen and oxygen atoms in total. The number of carbonyl (C=O) groups is 1. The summed E-state index contributed by atoms with van der Waals surface area (Å²) in [7, 11) is 3.84. The van der Waals surface area contributed by atoms with E-state index in [1.54, 1.807) is 20.1 Å². The maximum Gasteiger partial charge on any atom is 0.161 e. The Kier molecular flexibility index (Phi) is 3.89. The van der Waals surface area contributed by atoms with Gasteiger partial charge in [0.2, 0.25) is 0 Å². The lowest BCUT2D eigenvalue weighted by molar-refractivity contribution is 0.0643. The fraction of sp³-hybridized carbons (Fsp3) is 0.588. The van der Waals surface area contributed by atoms with Gasteiger partial charge in [-0.05, 0) is 57.9 Å². The Hall–Kier alpha value is -1.55. The number of ketones is 1. The van der Waals surface area contributed by atoms with Crippen LogP contribution in [-0.2, 0) is 0 Å². The van der Waals surface area contributed by atoms with Crippen molar-refractivity contribution in [1.29, 1.82) is 0 Å². The predicted octanol–water partition coefficient (Wildman–Crippen LogP) is 2.90. The Morgan fingerprint density at radius 2 is 1.86 bits per heavy atom. The number of piperidine rings is 1. The van der Waals surface area contributed by atoms with Gasteiger partial charge in [-0.2, -0.15) is 0 Å². The molecule has 2 saturated heterocycles. The first-order chi connectivity index (χ1) is 10.1. The predicted molar refractivity (Wildman–Crippen MR) is 81.2 cm³/mol. The molecule has 2 heterocycles. The number of methoxy groups -OCH3 is 1. The molecule has 2 bridgehead atoms. The molecule has 114 valence electrons. The van der Waals surface area contributed by atoms with Gasteiger partial charge in [-0.1, -0.05) is 0 Å². The van der Waals surface area contributed by atoms with Gasteiger partial charge in [0, 0.05) is 17.6 Å². The van der Waals surface area contributed by atoms with Crippen molar-refractivity contribution in [2.45, 2.75) is 50.8 Å². The maximum absolute atomic E-state index is 11.4. The smallest absolute Gasteiger partial charge is 0.161 e. The molecule has 1 aromatic carbocycles. The Bertz CT molecular complexity index is 529. The van der Waals surface area contributed by atoms with E-state index < -0.39 is 0 Å². The SMILES string of the molecule is COc1cc(C(C)=O)ccc1OC1CC2CCC(C1)N2C. The van der Waals surface area contributed by atoms with E-state index in [2.05, 4.69) is 11.9 Å². The van der Waals surface area contributed by atoms with Gasteiger partial charge in [0.15, 0.2) is 17.3 Å². The standard InChI is InChI=1S/C17H23NO3/c1-11(19)12-4-7-16(17(8-12)20-3)21-15-9-13-5-6-14(10-15)18(13)2/h4,7-8,13-15H,5-6,9-10H2,1-3H3. The van der Waals surface area contributed by atoms with Crippen LogP contribution in [0.1, 0.15) is 43.0 Å². The van der Waals surface area contributed by atoms with Crippen LogP contribution in [0.3, 0.4) is 0 Å². The minimum absolute atomic E-state index is 0.0391. The first kappa shape index (κ1) is 14.4. The molecule has 0 amide bonds. The number of Topliss-reactive ketones (excluding diaryl/α,β-unsaturated/α-hetero) is 1. The minimum atomic E-state index is 0.0391. The molecule has 0 radical (unpaired) electrons. The lowest BCUT2D eigenvalue weighted by Gasteiger charge is -2.36. The lowest BCUT2D eigenvalue weighted by Crippen LogP contribution is -2.43. The molecule has 0 spiro atoms. The van der Waals surface area contributed by atoms with E-state index in [4.69, 9.17) is 9.47 Å². The number of ether oxygens (including phenoxy) is 2. The summed E-state index contributed by atoms with van der Waals surface area (Å²) in [6.07, 6.45) is 4.95. The molecular formula is C17H23NO3. The number of rotatable bonds is 4. The van der Waals surface area contributed by atoms with Crippen LogP contribution in [0.2, 0.25) is 0 Å². The van der Waals surface area contributed by atoms with Gasteiger partial charge in [-0.25, -0.2) is 0 Å². The van der Waals surface area contributed by atoms with Crippen LogP contribution < -0.4 is 9.47 Å². The summed E-state index contributed by atoms with van der Waals surface area (Å²) >= 11 is 0. The number of fused-ring (bicyclic) bond motifs is 2. The van der Waals surface area contributed by atoms with Crippen molar-refractivity contribution < 1.29 is 14.3 Å². The first-order valence-electron chi connectivity index (χ1n) is 7.66. The van der Waals surface area contributed by atoms with Crippen molar-refractivity contribution in [2.24, 2.45) is 0 Å². The second-order valence-electron chi connectivity index (χ2n) is 6.18. The Labute approximate surface area is 126 Å². The summed E-state index contributed by atoms with van der Waals surface area (Å²) < 4.78 is 11.6. The summed E-state index contributed by atoms with van der Waals surface area (Å²) in [5, 5.41) is 0. The van der Waals surface area contributed by atoms with Gasteiger partial charge in [-0.15, -0.1) is 0 Å². The molecule has 2 unspecified atom stereocenters. The van der Waals surface area contributed by atoms with E-state index in [0.717, 1.165) is 18.6 Å². The number of hydrogen-bond acceptors (Lipinski definition) is 4. The van der Waals surface area contributed by atoms with E-state index in [-0.39, 0.29) is 11.9 Å². The van der Waals surface area contributed by atoms with E-state index in [1.807, 2.05) is 12.1 Å². The van der Waals surface area contributed by atoms with Gasteiger partial charge in [0.25, 0.3) is 0 Å². The van der Waals surface area contributed by atoms with E-state index in [0.29, 0.717) is 23.4 Å². The molecule has 4 heteroatoms. The average molecular weight is 289 g/mol. The third-order valence-electron chi connectivity index (χ3n) is 4.92. The van der Waals surface area contributed by atoms with Gasteiger partial charge in [0.05, 0.1) is 7.11 Å². The van der Waals surface area contributed by atoms with Crippen LogP contribution in [-0.4, -0.2) is 43.0 Å². The van der Waals surface area contributed by atoms with E-state index in [9.17, 15) is 4.79 Å². The summed E-state index contributed by atoms with van der Waals surface area (Å²) in [5.41, 5.74) is 0.655. The molecule has 2 aliphatic heterocycles. The van der Waals surface area contributed by atoms with Gasteiger partial charge in [-0.3, -0.25) is 4.79 Å². The summed E-state index contributed by atoms with van der Waals surface area (Å²) in [5.74, 6) is 1.43. The Morgan fingerprint density at radius 3 is 2.43 bits per heavy atom. The number of nitrogens with zero attached hydrogens (tertiary/aromatic N) is 1. The fourth-order valence-corrected chi connectivity index (χ4v) is 3.62. The third-order valence-corrected chi connectivity index (χ3v) is 4.92. The molecule has 0 aliphatic carbocycles. The fourth-order valence-electron chi connectivity index (χ4n) is 3.62. The lowest BCUT2D eigenvalue weighted by atomic mass is 10.0. The van der Waals surface area contributed by atoms with Crippen molar-refractivity contribution in [2.75, 3.05) is 14.2 Å². The highest BCUT2D eigenvalue weighted by molar-refractivity contribution is 5.94. The topological polar surface area (TPSA) is 38.8 Å². The zero-order valence-corrected chi connectivity index (χ0v) is 13.0. The van der Waals surface area contributed by atoms with Crippen LogP contribution in [0.25, 0.3) is 0 Å². The van der Waals surface area contributed by atoms with Crippen LogP contribution in [0, 0.1) is 0 Å². The van der Waals surface area contributed by atoms with Gasteiger partial charge < -0.3 is 14.4 Å². The van der Waals surface area contributed by atoms with E-state index in [1.165, 1.54) is 12.8 Å². The Balaban J connectivity index is 1.74. The quantitative estimate of drug-likeness (QED) is 0.799. The highest BCUT2D eigenvalue weighted by Gasteiger charge is 2.39. The molecule has 0 aromatic heterocycles. The van der Waals surface area contributed by atoms with Gasteiger partial charge in [0.1, 0.15) is 6.10 Å². The van der Waals surface area contributed by atoms with E-state index >= 15 is 0 Å². The number of benzene rings is 1. The molecule has 0 saturated carbocycles. The molecule has 2 atom stereocenters.